The second-order valence-electron chi connectivity index (χ2n) is 5.87. The van der Waals surface area contributed by atoms with Crippen molar-refractivity contribution < 1.29 is 9.53 Å². The molecule has 0 spiro atoms. The lowest BCUT2D eigenvalue weighted by Crippen LogP contribution is -2.23. The molecule has 0 atom stereocenters. The van der Waals surface area contributed by atoms with Crippen molar-refractivity contribution in [3.8, 4) is 17.6 Å². The SMILES string of the molecule is Cc1ccccc1OCC#CCNC(=O)CCC1CCCC1. The highest BCUT2D eigenvalue weighted by atomic mass is 16.5. The number of hydrogen-bond donors (Lipinski definition) is 1. The number of aryl methyl sites for hydroxylation is 1. The lowest BCUT2D eigenvalue weighted by Gasteiger charge is -2.07. The number of benzene rings is 1. The van der Waals surface area contributed by atoms with E-state index in [-0.39, 0.29) is 5.91 Å². The van der Waals surface area contributed by atoms with Gasteiger partial charge in [0.25, 0.3) is 0 Å². The first-order valence-electron chi connectivity index (χ1n) is 8.16. The number of para-hydroxylation sites is 1. The summed E-state index contributed by atoms with van der Waals surface area (Å²) < 4.78 is 5.57. The molecule has 0 saturated heterocycles. The minimum absolute atomic E-state index is 0.112. The summed E-state index contributed by atoms with van der Waals surface area (Å²) in [6.07, 6.45) is 6.91. The Morgan fingerprint density at radius 1 is 1.27 bits per heavy atom. The summed E-state index contributed by atoms with van der Waals surface area (Å²) in [6.45, 7) is 2.76. The van der Waals surface area contributed by atoms with E-state index in [1.165, 1.54) is 25.7 Å². The number of amides is 1. The quantitative estimate of drug-likeness (QED) is 0.817. The largest absolute Gasteiger partial charge is 0.481 e. The third-order valence-electron chi connectivity index (χ3n) is 4.15. The summed E-state index contributed by atoms with van der Waals surface area (Å²) >= 11 is 0. The molecular formula is C19H25NO2. The molecule has 0 radical (unpaired) electrons. The van der Waals surface area contributed by atoms with Gasteiger partial charge in [0.2, 0.25) is 5.91 Å². The standard InChI is InChI=1S/C19H25NO2/c1-16-8-2-5-11-18(16)22-15-7-6-14-20-19(21)13-12-17-9-3-4-10-17/h2,5,8,11,17H,3-4,9-10,12-15H2,1H3,(H,20,21). The van der Waals surface area contributed by atoms with Gasteiger partial charge in [0.1, 0.15) is 12.4 Å². The number of hydrogen-bond acceptors (Lipinski definition) is 2. The molecule has 1 aromatic carbocycles. The third kappa shape index (κ3) is 5.81. The van der Waals surface area contributed by atoms with Gasteiger partial charge in [0.15, 0.2) is 0 Å². The Morgan fingerprint density at radius 2 is 2.05 bits per heavy atom. The number of carbonyl (C=O) groups is 1. The zero-order valence-electron chi connectivity index (χ0n) is 13.4. The van der Waals surface area contributed by atoms with Gasteiger partial charge >= 0.3 is 0 Å². The maximum atomic E-state index is 11.7. The molecule has 0 unspecified atom stereocenters. The summed E-state index contributed by atoms with van der Waals surface area (Å²) in [7, 11) is 0. The second-order valence-corrected chi connectivity index (χ2v) is 5.87. The molecule has 0 aliphatic heterocycles. The monoisotopic (exact) mass is 299 g/mol. The Labute approximate surface area is 133 Å². The van der Waals surface area contributed by atoms with Crippen LogP contribution in [0.25, 0.3) is 0 Å². The van der Waals surface area contributed by atoms with E-state index in [0.717, 1.165) is 23.7 Å². The summed E-state index contributed by atoms with van der Waals surface area (Å²) in [5, 5.41) is 2.85. The zero-order chi connectivity index (χ0) is 15.6. The highest BCUT2D eigenvalue weighted by molar-refractivity contribution is 5.76. The van der Waals surface area contributed by atoms with Gasteiger partial charge < -0.3 is 10.1 Å². The van der Waals surface area contributed by atoms with Gasteiger partial charge in [-0.3, -0.25) is 4.79 Å². The molecule has 3 heteroatoms. The van der Waals surface area contributed by atoms with Crippen molar-refractivity contribution in [1.29, 1.82) is 0 Å². The van der Waals surface area contributed by atoms with Crippen molar-refractivity contribution in [2.45, 2.75) is 45.4 Å². The molecule has 1 amide bonds. The number of rotatable bonds is 6. The molecule has 0 bridgehead atoms. The highest BCUT2D eigenvalue weighted by Gasteiger charge is 2.15. The average molecular weight is 299 g/mol. The number of ether oxygens (including phenoxy) is 1. The van der Waals surface area contributed by atoms with Crippen molar-refractivity contribution in [2.24, 2.45) is 5.92 Å². The fourth-order valence-electron chi connectivity index (χ4n) is 2.81. The Balaban J connectivity index is 1.56. The lowest BCUT2D eigenvalue weighted by atomic mass is 10.0. The van der Waals surface area contributed by atoms with Crippen LogP contribution < -0.4 is 10.1 Å². The smallest absolute Gasteiger partial charge is 0.220 e. The van der Waals surface area contributed by atoms with Crippen molar-refractivity contribution in [3.05, 3.63) is 29.8 Å². The minimum atomic E-state index is 0.112. The molecule has 2 rings (SSSR count). The molecule has 1 N–H and O–H groups in total. The first-order valence-corrected chi connectivity index (χ1v) is 8.16. The highest BCUT2D eigenvalue weighted by Crippen LogP contribution is 2.28. The number of nitrogens with one attached hydrogen (secondary N) is 1. The van der Waals surface area contributed by atoms with Crippen molar-refractivity contribution in [2.75, 3.05) is 13.2 Å². The minimum Gasteiger partial charge on any atom is -0.481 e. The lowest BCUT2D eigenvalue weighted by molar-refractivity contribution is -0.121. The maximum Gasteiger partial charge on any atom is 0.220 e. The molecule has 0 heterocycles. The second kappa shape index (κ2) is 9.15. The van der Waals surface area contributed by atoms with Crippen molar-refractivity contribution >= 4 is 5.91 Å². The van der Waals surface area contributed by atoms with Gasteiger partial charge in [-0.05, 0) is 30.9 Å². The van der Waals surface area contributed by atoms with Crippen molar-refractivity contribution in [3.63, 3.8) is 0 Å². The van der Waals surface area contributed by atoms with E-state index in [1.54, 1.807) is 0 Å². The third-order valence-corrected chi connectivity index (χ3v) is 4.15. The normalized spacial score (nSPS) is 14.2. The fourth-order valence-corrected chi connectivity index (χ4v) is 2.81. The van der Waals surface area contributed by atoms with Crippen LogP contribution in [0.1, 0.15) is 44.1 Å². The molecule has 1 fully saturated rings. The molecule has 0 aromatic heterocycles. The average Bonchev–Trinajstić information content (AvgIpc) is 3.04. The predicted molar refractivity (Wildman–Crippen MR) is 88.7 cm³/mol. The summed E-state index contributed by atoms with van der Waals surface area (Å²) in [5.41, 5.74) is 1.10. The molecule has 22 heavy (non-hydrogen) atoms. The summed E-state index contributed by atoms with van der Waals surface area (Å²) in [4.78, 5) is 11.7. The van der Waals surface area contributed by atoms with E-state index in [2.05, 4.69) is 17.2 Å². The maximum absolute atomic E-state index is 11.7. The van der Waals surface area contributed by atoms with Crippen LogP contribution in [0.5, 0.6) is 5.75 Å². The van der Waals surface area contributed by atoms with E-state index in [4.69, 9.17) is 4.74 Å². The molecule has 1 aromatic rings. The van der Waals surface area contributed by atoms with Crippen LogP contribution in [0.3, 0.4) is 0 Å². The predicted octanol–water partition coefficient (Wildman–Crippen LogP) is 3.46. The van der Waals surface area contributed by atoms with Gasteiger partial charge in [0, 0.05) is 6.42 Å². The van der Waals surface area contributed by atoms with Gasteiger partial charge in [-0.15, -0.1) is 0 Å². The summed E-state index contributed by atoms with van der Waals surface area (Å²) in [5.74, 6) is 7.59. The van der Waals surface area contributed by atoms with Crippen LogP contribution in [0, 0.1) is 24.7 Å². The van der Waals surface area contributed by atoms with Gasteiger partial charge in [0.05, 0.1) is 6.54 Å². The van der Waals surface area contributed by atoms with E-state index >= 15 is 0 Å². The van der Waals surface area contributed by atoms with Crippen LogP contribution in [0.4, 0.5) is 0 Å². The van der Waals surface area contributed by atoms with Crippen LogP contribution >= 0.6 is 0 Å². The van der Waals surface area contributed by atoms with Crippen LogP contribution in [0.2, 0.25) is 0 Å². The van der Waals surface area contributed by atoms with E-state index in [9.17, 15) is 4.79 Å². The van der Waals surface area contributed by atoms with Crippen LogP contribution in [0.15, 0.2) is 24.3 Å². The Hall–Kier alpha value is -1.95. The van der Waals surface area contributed by atoms with Gasteiger partial charge in [-0.25, -0.2) is 0 Å². The zero-order valence-corrected chi connectivity index (χ0v) is 13.4. The first-order chi connectivity index (χ1) is 10.8. The molecular weight excluding hydrogens is 274 g/mol. The topological polar surface area (TPSA) is 38.3 Å². The molecule has 3 nitrogen and oxygen atoms in total. The molecule has 1 aliphatic rings. The molecule has 1 aliphatic carbocycles. The van der Waals surface area contributed by atoms with Crippen LogP contribution in [-0.2, 0) is 4.79 Å². The molecule has 1 saturated carbocycles. The first kappa shape index (κ1) is 16.4. The van der Waals surface area contributed by atoms with Gasteiger partial charge in [-0.2, -0.15) is 0 Å². The number of carbonyl (C=O) groups excluding carboxylic acids is 1. The van der Waals surface area contributed by atoms with Gasteiger partial charge in [-0.1, -0.05) is 55.7 Å². The van der Waals surface area contributed by atoms with E-state index < -0.39 is 0 Å². The van der Waals surface area contributed by atoms with Crippen molar-refractivity contribution in [1.82, 2.24) is 5.32 Å². The molecule has 118 valence electrons. The Bertz CT molecular complexity index is 536. The summed E-state index contributed by atoms with van der Waals surface area (Å²) in [6, 6.07) is 7.87. The Morgan fingerprint density at radius 3 is 2.82 bits per heavy atom. The fraction of sp³-hybridized carbons (Fsp3) is 0.526. The Kier molecular flexibility index (Phi) is 6.83. The van der Waals surface area contributed by atoms with Crippen LogP contribution in [-0.4, -0.2) is 19.1 Å². The van der Waals surface area contributed by atoms with E-state index in [0.29, 0.717) is 19.6 Å². The van der Waals surface area contributed by atoms with E-state index in [1.807, 2.05) is 31.2 Å².